The van der Waals surface area contributed by atoms with Crippen LogP contribution in [0.4, 0.5) is 5.69 Å². The first-order valence-electron chi connectivity index (χ1n) is 7.65. The lowest BCUT2D eigenvalue weighted by Crippen LogP contribution is -2.27. The molecular formula is C17H20N4O2. The molecule has 2 amide bonds. The molecule has 23 heavy (non-hydrogen) atoms. The summed E-state index contributed by atoms with van der Waals surface area (Å²) in [7, 11) is 1.58. The molecule has 1 aliphatic rings. The molecule has 120 valence electrons. The molecule has 2 N–H and O–H groups in total. The van der Waals surface area contributed by atoms with Crippen LogP contribution in [0.2, 0.25) is 0 Å². The molecular weight excluding hydrogens is 292 g/mol. The van der Waals surface area contributed by atoms with Crippen molar-refractivity contribution in [1.29, 1.82) is 0 Å². The average Bonchev–Trinajstić information content (AvgIpc) is 3.24. The Morgan fingerprint density at radius 3 is 2.57 bits per heavy atom. The lowest BCUT2D eigenvalue weighted by molar-refractivity contribution is -0.121. The first-order valence-corrected chi connectivity index (χ1v) is 7.65. The molecule has 0 radical (unpaired) electrons. The summed E-state index contributed by atoms with van der Waals surface area (Å²) in [5.41, 5.74) is 2.42. The molecule has 6 heteroatoms. The van der Waals surface area contributed by atoms with E-state index in [-0.39, 0.29) is 18.4 Å². The molecule has 0 spiro atoms. The lowest BCUT2D eigenvalue weighted by Gasteiger charge is -2.15. The van der Waals surface area contributed by atoms with E-state index in [0.717, 1.165) is 18.4 Å². The van der Waals surface area contributed by atoms with E-state index in [2.05, 4.69) is 15.7 Å². The highest BCUT2D eigenvalue weighted by molar-refractivity contribution is 6.01. The van der Waals surface area contributed by atoms with Crippen LogP contribution < -0.4 is 10.6 Å². The summed E-state index contributed by atoms with van der Waals surface area (Å²) >= 11 is 0. The summed E-state index contributed by atoms with van der Waals surface area (Å²) in [4.78, 5) is 24.0. The van der Waals surface area contributed by atoms with Crippen molar-refractivity contribution in [2.45, 2.75) is 31.7 Å². The third-order valence-corrected chi connectivity index (χ3v) is 4.26. The predicted octanol–water partition coefficient (Wildman–Crippen LogP) is 1.61. The van der Waals surface area contributed by atoms with Gasteiger partial charge in [0.2, 0.25) is 11.8 Å². The van der Waals surface area contributed by atoms with Crippen LogP contribution in [0.5, 0.6) is 0 Å². The van der Waals surface area contributed by atoms with Crippen LogP contribution in [0.1, 0.15) is 24.0 Å². The molecule has 1 heterocycles. The standard InChI is InChI=1S/C17H20N4O2/c1-12-3-5-13(6-4-12)17(7-8-17)16(23)20-14-9-19-21(10-14)11-15(22)18-2/h3-6,9-10H,7-8,11H2,1-2H3,(H,18,22)(H,20,23). The maximum absolute atomic E-state index is 12.6. The number of benzene rings is 1. The Morgan fingerprint density at radius 1 is 1.26 bits per heavy atom. The molecule has 3 rings (SSSR count). The zero-order chi connectivity index (χ0) is 16.4. The summed E-state index contributed by atoms with van der Waals surface area (Å²) in [6.45, 7) is 2.17. The second-order valence-corrected chi connectivity index (χ2v) is 6.00. The third-order valence-electron chi connectivity index (χ3n) is 4.26. The number of nitrogens with one attached hydrogen (secondary N) is 2. The minimum Gasteiger partial charge on any atom is -0.358 e. The van der Waals surface area contributed by atoms with Gasteiger partial charge in [0.05, 0.1) is 17.3 Å². The number of hydrogen-bond acceptors (Lipinski definition) is 3. The Kier molecular flexibility index (Phi) is 3.90. The summed E-state index contributed by atoms with van der Waals surface area (Å²) in [6, 6.07) is 8.11. The number of hydrogen-bond donors (Lipinski definition) is 2. The van der Waals surface area contributed by atoms with E-state index in [9.17, 15) is 9.59 Å². The van der Waals surface area contributed by atoms with Crippen molar-refractivity contribution in [2.75, 3.05) is 12.4 Å². The van der Waals surface area contributed by atoms with Gasteiger partial charge in [0.25, 0.3) is 0 Å². The number of anilines is 1. The number of nitrogens with zero attached hydrogens (tertiary/aromatic N) is 2. The smallest absolute Gasteiger partial charge is 0.241 e. The molecule has 0 bridgehead atoms. The van der Waals surface area contributed by atoms with E-state index in [1.165, 1.54) is 10.2 Å². The van der Waals surface area contributed by atoms with Crippen molar-refractivity contribution in [2.24, 2.45) is 0 Å². The zero-order valence-electron chi connectivity index (χ0n) is 13.3. The summed E-state index contributed by atoms with van der Waals surface area (Å²) in [6.07, 6.45) is 4.94. The zero-order valence-corrected chi connectivity index (χ0v) is 13.3. The number of aryl methyl sites for hydroxylation is 1. The molecule has 0 saturated heterocycles. The van der Waals surface area contributed by atoms with Gasteiger partial charge in [0.15, 0.2) is 0 Å². The number of amides is 2. The molecule has 1 aromatic carbocycles. The van der Waals surface area contributed by atoms with Gasteiger partial charge < -0.3 is 10.6 Å². The molecule has 1 aliphatic carbocycles. The Labute approximate surface area is 134 Å². The highest BCUT2D eigenvalue weighted by atomic mass is 16.2. The second-order valence-electron chi connectivity index (χ2n) is 6.00. The maximum Gasteiger partial charge on any atom is 0.241 e. The van der Waals surface area contributed by atoms with E-state index in [0.29, 0.717) is 5.69 Å². The third kappa shape index (κ3) is 3.11. The van der Waals surface area contributed by atoms with Crippen molar-refractivity contribution >= 4 is 17.5 Å². The highest BCUT2D eigenvalue weighted by Gasteiger charge is 2.51. The summed E-state index contributed by atoms with van der Waals surface area (Å²) in [5.74, 6) is -0.148. The minimum absolute atomic E-state index is 0.0131. The largest absolute Gasteiger partial charge is 0.358 e. The molecule has 1 aromatic heterocycles. The first kappa shape index (κ1) is 15.3. The van der Waals surface area contributed by atoms with Crippen molar-refractivity contribution in [3.63, 3.8) is 0 Å². The van der Waals surface area contributed by atoms with Gasteiger partial charge in [-0.1, -0.05) is 29.8 Å². The van der Waals surface area contributed by atoms with Crippen molar-refractivity contribution in [3.05, 3.63) is 47.8 Å². The molecule has 0 atom stereocenters. The Morgan fingerprint density at radius 2 is 1.96 bits per heavy atom. The van der Waals surface area contributed by atoms with E-state index < -0.39 is 5.41 Å². The number of rotatable bonds is 5. The Hall–Kier alpha value is -2.63. The van der Waals surface area contributed by atoms with Gasteiger partial charge in [0.1, 0.15) is 6.54 Å². The normalized spacial score (nSPS) is 15.0. The molecule has 2 aromatic rings. The Balaban J connectivity index is 1.69. The monoisotopic (exact) mass is 312 g/mol. The first-order chi connectivity index (χ1) is 11.0. The fraction of sp³-hybridized carbons (Fsp3) is 0.353. The van der Waals surface area contributed by atoms with Crippen LogP contribution in [0.3, 0.4) is 0 Å². The van der Waals surface area contributed by atoms with Gasteiger partial charge in [-0.3, -0.25) is 14.3 Å². The number of aromatic nitrogens is 2. The SMILES string of the molecule is CNC(=O)Cn1cc(NC(=O)C2(c3ccc(C)cc3)CC2)cn1. The van der Waals surface area contributed by atoms with E-state index in [1.54, 1.807) is 19.4 Å². The molecule has 1 fully saturated rings. The van der Waals surface area contributed by atoms with Crippen LogP contribution in [-0.2, 0) is 21.5 Å². The molecule has 0 aliphatic heterocycles. The lowest BCUT2D eigenvalue weighted by atomic mass is 9.94. The van der Waals surface area contributed by atoms with Gasteiger partial charge in [0, 0.05) is 13.2 Å². The Bertz CT molecular complexity index is 729. The fourth-order valence-electron chi connectivity index (χ4n) is 2.64. The average molecular weight is 312 g/mol. The quantitative estimate of drug-likeness (QED) is 0.880. The van der Waals surface area contributed by atoms with E-state index in [1.807, 2.05) is 31.2 Å². The maximum atomic E-state index is 12.6. The van der Waals surface area contributed by atoms with Crippen LogP contribution >= 0.6 is 0 Å². The molecule has 0 unspecified atom stereocenters. The number of likely N-dealkylation sites (N-methyl/N-ethyl adjacent to an activating group) is 1. The van der Waals surface area contributed by atoms with Crippen LogP contribution in [-0.4, -0.2) is 28.6 Å². The second kappa shape index (κ2) is 5.87. The fourth-order valence-corrected chi connectivity index (χ4v) is 2.64. The van der Waals surface area contributed by atoms with Crippen LogP contribution in [0.15, 0.2) is 36.7 Å². The molecule has 6 nitrogen and oxygen atoms in total. The van der Waals surface area contributed by atoms with Crippen LogP contribution in [0, 0.1) is 6.92 Å². The van der Waals surface area contributed by atoms with Gasteiger partial charge in [-0.25, -0.2) is 0 Å². The summed E-state index contributed by atoms with van der Waals surface area (Å²) < 4.78 is 1.50. The van der Waals surface area contributed by atoms with Crippen molar-refractivity contribution in [1.82, 2.24) is 15.1 Å². The van der Waals surface area contributed by atoms with Crippen LogP contribution in [0.25, 0.3) is 0 Å². The summed E-state index contributed by atoms with van der Waals surface area (Å²) in [5, 5.41) is 9.54. The topological polar surface area (TPSA) is 76.0 Å². The molecule has 1 saturated carbocycles. The van der Waals surface area contributed by atoms with E-state index >= 15 is 0 Å². The highest BCUT2D eigenvalue weighted by Crippen LogP contribution is 2.49. The van der Waals surface area contributed by atoms with Gasteiger partial charge >= 0.3 is 0 Å². The van der Waals surface area contributed by atoms with E-state index in [4.69, 9.17) is 0 Å². The van der Waals surface area contributed by atoms with Gasteiger partial charge in [-0.2, -0.15) is 5.10 Å². The van der Waals surface area contributed by atoms with Crippen molar-refractivity contribution in [3.8, 4) is 0 Å². The number of carbonyl (C=O) groups is 2. The predicted molar refractivity (Wildman–Crippen MR) is 87.0 cm³/mol. The minimum atomic E-state index is -0.420. The van der Waals surface area contributed by atoms with Gasteiger partial charge in [-0.05, 0) is 25.3 Å². The van der Waals surface area contributed by atoms with Gasteiger partial charge in [-0.15, -0.1) is 0 Å². The van der Waals surface area contributed by atoms with Crippen molar-refractivity contribution < 1.29 is 9.59 Å². The number of carbonyl (C=O) groups excluding carboxylic acids is 2.